The van der Waals surface area contributed by atoms with E-state index in [-0.39, 0.29) is 43.2 Å². The molecule has 5 aromatic rings. The third kappa shape index (κ3) is 5.68. The van der Waals surface area contributed by atoms with Crippen molar-refractivity contribution in [3.63, 3.8) is 0 Å². The molecule has 6 rings (SSSR count). The summed E-state index contributed by atoms with van der Waals surface area (Å²) >= 11 is 0. The molecule has 1 aliphatic heterocycles. The number of likely N-dealkylation sites (tertiary alicyclic amines) is 1. The minimum absolute atomic E-state index is 0.0509. The first-order valence-electron chi connectivity index (χ1n) is 13.9. The monoisotopic (exact) mass is 580 g/mol. The van der Waals surface area contributed by atoms with E-state index < -0.39 is 18.1 Å². The van der Waals surface area contributed by atoms with Crippen molar-refractivity contribution in [2.75, 3.05) is 6.54 Å². The van der Waals surface area contributed by atoms with E-state index >= 15 is 0 Å². The van der Waals surface area contributed by atoms with Gasteiger partial charge in [0.2, 0.25) is 5.91 Å². The second kappa shape index (κ2) is 11.3. The maximum absolute atomic E-state index is 14.6. The number of rotatable bonds is 8. The van der Waals surface area contributed by atoms with Crippen LogP contribution < -0.4 is 0 Å². The van der Waals surface area contributed by atoms with E-state index in [1.165, 1.54) is 16.5 Å². The Morgan fingerprint density at radius 3 is 2.47 bits per heavy atom. The molecular formula is C31H29FN8O3. The molecule has 4 aromatic heterocycles. The highest BCUT2D eigenvalue weighted by Gasteiger charge is 2.39. The van der Waals surface area contributed by atoms with Crippen LogP contribution in [0.1, 0.15) is 40.9 Å². The number of ketones is 2. The van der Waals surface area contributed by atoms with Gasteiger partial charge in [0.05, 0.1) is 30.2 Å². The Morgan fingerprint density at radius 1 is 0.953 bits per heavy atom. The summed E-state index contributed by atoms with van der Waals surface area (Å²) in [6.07, 6.45) is 5.39. The maximum atomic E-state index is 14.6. The normalized spacial score (nSPS) is 16.6. The Bertz CT molecular complexity index is 1850. The minimum atomic E-state index is -1.33. The van der Waals surface area contributed by atoms with Crippen molar-refractivity contribution in [3.8, 4) is 16.9 Å². The lowest BCUT2D eigenvalue weighted by Gasteiger charge is -2.23. The molecule has 0 bridgehead atoms. The van der Waals surface area contributed by atoms with E-state index in [9.17, 15) is 18.8 Å². The summed E-state index contributed by atoms with van der Waals surface area (Å²) in [5.74, 6) is 0.246. The second-order valence-corrected chi connectivity index (χ2v) is 10.8. The number of hydrogen-bond donors (Lipinski definition) is 0. The number of pyridine rings is 1. The summed E-state index contributed by atoms with van der Waals surface area (Å²) in [5.41, 5.74) is 3.88. The number of aromatic nitrogens is 7. The van der Waals surface area contributed by atoms with Crippen LogP contribution in [0, 0.1) is 13.8 Å². The summed E-state index contributed by atoms with van der Waals surface area (Å²) in [6, 6.07) is 9.97. The van der Waals surface area contributed by atoms with Gasteiger partial charge in [0.1, 0.15) is 24.2 Å². The van der Waals surface area contributed by atoms with Crippen molar-refractivity contribution in [2.45, 2.75) is 52.4 Å². The van der Waals surface area contributed by atoms with E-state index in [0.717, 1.165) is 16.7 Å². The van der Waals surface area contributed by atoms with Gasteiger partial charge in [0.15, 0.2) is 17.4 Å². The minimum Gasteiger partial charge on any atom is -0.328 e. The van der Waals surface area contributed by atoms with Crippen LogP contribution in [-0.2, 0) is 22.6 Å². The highest BCUT2D eigenvalue weighted by Crippen LogP contribution is 2.28. The van der Waals surface area contributed by atoms with Crippen molar-refractivity contribution < 1.29 is 18.8 Å². The number of nitrogens with zero attached hydrogens (tertiary/aromatic N) is 8. The summed E-state index contributed by atoms with van der Waals surface area (Å²) in [4.78, 5) is 53.4. The third-order valence-electron chi connectivity index (χ3n) is 7.56. The zero-order valence-corrected chi connectivity index (χ0v) is 23.9. The molecule has 0 aliphatic carbocycles. The van der Waals surface area contributed by atoms with Crippen LogP contribution in [-0.4, -0.2) is 75.6 Å². The van der Waals surface area contributed by atoms with Gasteiger partial charge in [-0.05, 0) is 49.2 Å². The highest BCUT2D eigenvalue weighted by atomic mass is 19.1. The lowest BCUT2D eigenvalue weighted by atomic mass is 10.0. The second-order valence-electron chi connectivity index (χ2n) is 10.8. The van der Waals surface area contributed by atoms with Crippen LogP contribution in [0.25, 0.3) is 27.8 Å². The summed E-state index contributed by atoms with van der Waals surface area (Å²) < 4.78 is 17.6. The molecule has 1 aromatic carbocycles. The molecule has 0 saturated carbocycles. The maximum Gasteiger partial charge on any atom is 0.245 e. The number of amides is 1. The molecule has 218 valence electrons. The molecule has 1 saturated heterocycles. The average Bonchev–Trinajstić information content (AvgIpc) is 3.71. The smallest absolute Gasteiger partial charge is 0.245 e. The number of fused-ring (bicyclic) bond motifs is 1. The predicted molar refractivity (Wildman–Crippen MR) is 155 cm³/mol. The highest BCUT2D eigenvalue weighted by molar-refractivity contribution is 6.06. The van der Waals surface area contributed by atoms with Gasteiger partial charge in [0.25, 0.3) is 0 Å². The lowest BCUT2D eigenvalue weighted by Crippen LogP contribution is -2.43. The fourth-order valence-corrected chi connectivity index (χ4v) is 5.34. The van der Waals surface area contributed by atoms with Crippen LogP contribution in [0.5, 0.6) is 0 Å². The standard InChI is InChI=1S/C31H29FN8O3/c1-18-4-7-29(35-13-18)39-9-8-24(36-39)12-28(42)27-11-23(32)16-38(27)30(43)17-40-26-6-5-21(22-14-33-20(3)34-15-22)10-25(26)31(37-40)19(2)41/h4-10,13-15,23,27H,11-12,16-17H2,1-3H3/t23-,27+/m1/s1. The quantitative estimate of drug-likeness (QED) is 0.255. The first-order chi connectivity index (χ1) is 20.7. The summed E-state index contributed by atoms with van der Waals surface area (Å²) in [5, 5.41) is 9.46. The number of aryl methyl sites for hydroxylation is 2. The SMILES string of the molecule is CC(=O)c1nn(CC(=O)N2C[C@H](F)C[C@H]2C(=O)Cc2ccn(-c3ccc(C)cn3)n2)c2ccc(-c3cnc(C)nc3)cc12. The Morgan fingerprint density at radius 2 is 1.74 bits per heavy atom. The topological polar surface area (TPSA) is 129 Å². The van der Waals surface area contributed by atoms with E-state index in [4.69, 9.17) is 0 Å². The molecule has 0 unspecified atom stereocenters. The van der Waals surface area contributed by atoms with Gasteiger partial charge >= 0.3 is 0 Å². The van der Waals surface area contributed by atoms with E-state index in [0.29, 0.717) is 28.2 Å². The number of Topliss-reactive ketones (excluding diaryl/α,β-unsaturated/α-hetero) is 2. The van der Waals surface area contributed by atoms with Crippen LogP contribution in [0.2, 0.25) is 0 Å². The molecule has 11 nitrogen and oxygen atoms in total. The number of alkyl halides is 1. The lowest BCUT2D eigenvalue weighted by molar-refractivity contribution is -0.138. The van der Waals surface area contributed by atoms with Crippen LogP contribution in [0.4, 0.5) is 4.39 Å². The molecule has 5 heterocycles. The Balaban J connectivity index is 1.21. The Kier molecular flexibility index (Phi) is 7.34. The summed E-state index contributed by atoms with van der Waals surface area (Å²) in [7, 11) is 0. The van der Waals surface area contributed by atoms with Crippen molar-refractivity contribution >= 4 is 28.4 Å². The van der Waals surface area contributed by atoms with Crippen molar-refractivity contribution in [1.29, 1.82) is 0 Å². The number of carbonyl (C=O) groups is 3. The zero-order chi connectivity index (χ0) is 30.2. The van der Waals surface area contributed by atoms with Crippen molar-refractivity contribution in [2.24, 2.45) is 0 Å². The Hall–Kier alpha value is -5.13. The fourth-order valence-electron chi connectivity index (χ4n) is 5.34. The molecule has 0 spiro atoms. The Labute approximate surface area is 246 Å². The first kappa shape index (κ1) is 28.0. The van der Waals surface area contributed by atoms with Crippen LogP contribution in [0.3, 0.4) is 0 Å². The van der Waals surface area contributed by atoms with Gasteiger partial charge < -0.3 is 4.90 Å². The van der Waals surface area contributed by atoms with Gasteiger partial charge in [-0.3, -0.25) is 19.1 Å². The van der Waals surface area contributed by atoms with Gasteiger partial charge in [-0.15, -0.1) is 0 Å². The largest absolute Gasteiger partial charge is 0.328 e. The molecule has 0 radical (unpaired) electrons. The zero-order valence-electron chi connectivity index (χ0n) is 23.9. The first-order valence-corrected chi connectivity index (χ1v) is 13.9. The molecule has 43 heavy (non-hydrogen) atoms. The van der Waals surface area contributed by atoms with E-state index in [1.807, 2.05) is 31.2 Å². The molecule has 1 fully saturated rings. The predicted octanol–water partition coefficient (Wildman–Crippen LogP) is 3.64. The number of halogens is 1. The number of hydrogen-bond acceptors (Lipinski definition) is 8. The molecule has 1 amide bonds. The van der Waals surface area contributed by atoms with Gasteiger partial charge in [-0.1, -0.05) is 12.1 Å². The number of carbonyl (C=O) groups excluding carboxylic acids is 3. The molecule has 0 N–H and O–H groups in total. The van der Waals surface area contributed by atoms with Crippen LogP contribution in [0.15, 0.2) is 61.2 Å². The number of benzene rings is 1. The van der Waals surface area contributed by atoms with Gasteiger partial charge in [0, 0.05) is 49.1 Å². The molecule has 12 heteroatoms. The van der Waals surface area contributed by atoms with E-state index in [2.05, 4.69) is 25.1 Å². The van der Waals surface area contributed by atoms with Gasteiger partial charge in [-0.2, -0.15) is 10.2 Å². The average molecular weight is 581 g/mol. The summed E-state index contributed by atoms with van der Waals surface area (Å²) in [6.45, 7) is 4.71. The third-order valence-corrected chi connectivity index (χ3v) is 7.56. The fraction of sp³-hybridized carbons (Fsp3) is 0.290. The van der Waals surface area contributed by atoms with Crippen LogP contribution >= 0.6 is 0 Å². The molecular weight excluding hydrogens is 551 g/mol. The molecule has 1 aliphatic rings. The molecule has 2 atom stereocenters. The van der Waals surface area contributed by atoms with Crippen molar-refractivity contribution in [1.82, 2.24) is 39.4 Å². The van der Waals surface area contributed by atoms with Gasteiger partial charge in [-0.25, -0.2) is 24.0 Å². The van der Waals surface area contributed by atoms with E-state index in [1.54, 1.807) is 48.5 Å². The van der Waals surface area contributed by atoms with Crippen molar-refractivity contribution in [3.05, 3.63) is 84.0 Å².